The molecule has 0 spiro atoms. The molecule has 0 bridgehead atoms. The van der Waals surface area contributed by atoms with Gasteiger partial charge in [0.1, 0.15) is 5.82 Å². The molecule has 3 rings (SSSR count). The summed E-state index contributed by atoms with van der Waals surface area (Å²) in [5.41, 5.74) is 6.16. The predicted octanol–water partition coefficient (Wildman–Crippen LogP) is 3.42. The van der Waals surface area contributed by atoms with Gasteiger partial charge in [-0.3, -0.25) is 10.2 Å². The standard InChI is InChI=1S/C16H14Cl2FN5O3/c17-10-2-3-11(19)14(18)9(10)4-7-26-12-8-13(22-23-15(12)20)21-16(25)24-5-1-6-27-24/h1-3,5,8H,4,6-7H2,(H2,20,23)(H,21,22,25). The molecular formula is C16H14Cl2FN5O3. The minimum atomic E-state index is -0.565. The number of anilines is 2. The fourth-order valence-electron chi connectivity index (χ4n) is 2.22. The smallest absolute Gasteiger partial charge is 0.351 e. The van der Waals surface area contributed by atoms with Gasteiger partial charge in [0, 0.05) is 23.7 Å². The van der Waals surface area contributed by atoms with Gasteiger partial charge < -0.3 is 10.5 Å². The molecule has 0 saturated carbocycles. The number of hydroxylamine groups is 2. The third-order valence-corrected chi connectivity index (χ3v) is 4.28. The molecule has 0 fully saturated rings. The Hall–Kier alpha value is -2.62. The Kier molecular flexibility index (Phi) is 5.94. The lowest BCUT2D eigenvalue weighted by atomic mass is 10.1. The monoisotopic (exact) mass is 413 g/mol. The van der Waals surface area contributed by atoms with Crippen LogP contribution in [0.5, 0.6) is 5.75 Å². The highest BCUT2D eigenvalue weighted by Gasteiger charge is 2.17. The largest absolute Gasteiger partial charge is 0.489 e. The van der Waals surface area contributed by atoms with Gasteiger partial charge >= 0.3 is 6.03 Å². The van der Waals surface area contributed by atoms with Crippen molar-refractivity contribution in [3.63, 3.8) is 0 Å². The molecule has 11 heteroatoms. The molecule has 1 aliphatic rings. The predicted molar refractivity (Wildman–Crippen MR) is 98.0 cm³/mol. The van der Waals surface area contributed by atoms with Crippen LogP contribution < -0.4 is 15.8 Å². The molecule has 2 heterocycles. The number of nitrogens with one attached hydrogen (secondary N) is 1. The van der Waals surface area contributed by atoms with E-state index in [1.807, 2.05) is 0 Å². The van der Waals surface area contributed by atoms with Crippen molar-refractivity contribution < 1.29 is 18.8 Å². The molecule has 0 radical (unpaired) electrons. The maximum atomic E-state index is 13.5. The lowest BCUT2D eigenvalue weighted by molar-refractivity contribution is -0.0438. The van der Waals surface area contributed by atoms with Crippen LogP contribution in [0, 0.1) is 5.82 Å². The highest BCUT2D eigenvalue weighted by Crippen LogP contribution is 2.28. The van der Waals surface area contributed by atoms with E-state index in [0.29, 0.717) is 17.2 Å². The molecule has 2 aromatic rings. The van der Waals surface area contributed by atoms with E-state index in [2.05, 4.69) is 15.5 Å². The molecule has 0 aliphatic carbocycles. The van der Waals surface area contributed by atoms with Gasteiger partial charge in [0.2, 0.25) is 0 Å². The zero-order chi connectivity index (χ0) is 19.4. The van der Waals surface area contributed by atoms with E-state index >= 15 is 0 Å². The van der Waals surface area contributed by atoms with Crippen LogP contribution in [-0.4, -0.2) is 34.5 Å². The van der Waals surface area contributed by atoms with E-state index in [4.69, 9.17) is 38.5 Å². The number of aromatic nitrogens is 2. The Morgan fingerprint density at radius 3 is 2.96 bits per heavy atom. The van der Waals surface area contributed by atoms with Crippen molar-refractivity contribution >= 4 is 40.9 Å². The summed E-state index contributed by atoms with van der Waals surface area (Å²) in [6.45, 7) is 0.407. The van der Waals surface area contributed by atoms with Crippen molar-refractivity contribution in [2.45, 2.75) is 6.42 Å². The molecule has 0 atom stereocenters. The summed E-state index contributed by atoms with van der Waals surface area (Å²) in [5.74, 6) is -0.220. The molecule has 1 aromatic carbocycles. The van der Waals surface area contributed by atoms with Gasteiger partial charge in [-0.1, -0.05) is 23.2 Å². The average molecular weight is 414 g/mol. The van der Waals surface area contributed by atoms with Crippen LogP contribution in [-0.2, 0) is 11.3 Å². The number of benzene rings is 1. The van der Waals surface area contributed by atoms with Gasteiger partial charge in [-0.05, 0) is 23.8 Å². The fourth-order valence-corrected chi connectivity index (χ4v) is 2.78. The molecule has 142 valence electrons. The minimum Gasteiger partial charge on any atom is -0.489 e. The van der Waals surface area contributed by atoms with E-state index < -0.39 is 11.8 Å². The average Bonchev–Trinajstić information content (AvgIpc) is 3.18. The van der Waals surface area contributed by atoms with Crippen molar-refractivity contribution in [2.75, 3.05) is 24.3 Å². The van der Waals surface area contributed by atoms with Crippen LogP contribution in [0.3, 0.4) is 0 Å². The first-order chi connectivity index (χ1) is 13.0. The quantitative estimate of drug-likeness (QED) is 0.727. The topological polar surface area (TPSA) is 103 Å². The van der Waals surface area contributed by atoms with E-state index in [1.54, 1.807) is 6.08 Å². The highest BCUT2D eigenvalue weighted by atomic mass is 35.5. The molecule has 27 heavy (non-hydrogen) atoms. The zero-order valence-electron chi connectivity index (χ0n) is 13.8. The molecule has 0 saturated heterocycles. The second-order valence-electron chi connectivity index (χ2n) is 5.34. The van der Waals surface area contributed by atoms with Gasteiger partial charge in [-0.25, -0.2) is 9.18 Å². The number of hydrogen-bond donors (Lipinski definition) is 2. The number of carbonyl (C=O) groups is 1. The number of halogens is 3. The summed E-state index contributed by atoms with van der Waals surface area (Å²) in [6, 6.07) is 3.47. The Labute approximate surface area is 163 Å². The normalized spacial score (nSPS) is 13.1. The van der Waals surface area contributed by atoms with Gasteiger partial charge in [-0.2, -0.15) is 5.06 Å². The molecule has 3 N–H and O–H groups in total. The first kappa shape index (κ1) is 19.2. The first-order valence-corrected chi connectivity index (χ1v) is 8.49. The first-order valence-electron chi connectivity index (χ1n) is 7.74. The molecule has 1 aliphatic heterocycles. The van der Waals surface area contributed by atoms with E-state index in [1.165, 1.54) is 24.4 Å². The van der Waals surface area contributed by atoms with E-state index in [0.717, 1.165) is 5.06 Å². The van der Waals surface area contributed by atoms with Crippen LogP contribution in [0.4, 0.5) is 20.8 Å². The Balaban J connectivity index is 1.64. The molecule has 1 aromatic heterocycles. The Morgan fingerprint density at radius 2 is 2.22 bits per heavy atom. The van der Waals surface area contributed by atoms with Crippen molar-refractivity contribution in [1.29, 1.82) is 0 Å². The third-order valence-electron chi connectivity index (χ3n) is 3.52. The highest BCUT2D eigenvalue weighted by molar-refractivity contribution is 6.36. The van der Waals surface area contributed by atoms with Crippen LogP contribution >= 0.6 is 23.2 Å². The zero-order valence-corrected chi connectivity index (χ0v) is 15.3. The molecule has 8 nitrogen and oxygen atoms in total. The second kappa shape index (κ2) is 8.38. The second-order valence-corrected chi connectivity index (χ2v) is 6.12. The number of nitrogens with zero attached hydrogens (tertiary/aromatic N) is 3. The molecular weight excluding hydrogens is 400 g/mol. The number of carbonyl (C=O) groups excluding carboxylic acids is 1. The fraction of sp³-hybridized carbons (Fsp3) is 0.188. The minimum absolute atomic E-state index is 0.0294. The van der Waals surface area contributed by atoms with Crippen LogP contribution in [0.15, 0.2) is 30.5 Å². The molecule has 2 amide bonds. The molecule has 0 unspecified atom stereocenters. The summed E-state index contributed by atoms with van der Waals surface area (Å²) in [7, 11) is 0. The number of nitrogen functional groups attached to an aromatic ring is 1. The number of ether oxygens (including phenoxy) is 1. The third kappa shape index (κ3) is 4.57. The van der Waals surface area contributed by atoms with Gasteiger partial charge in [0.25, 0.3) is 0 Å². The van der Waals surface area contributed by atoms with Gasteiger partial charge in [0.05, 0.1) is 18.2 Å². The Morgan fingerprint density at radius 1 is 1.41 bits per heavy atom. The van der Waals surface area contributed by atoms with Gasteiger partial charge in [0.15, 0.2) is 17.4 Å². The lowest BCUT2D eigenvalue weighted by Gasteiger charge is -2.14. The Bertz CT molecular complexity index is 897. The number of amides is 2. The number of nitrogens with two attached hydrogens (primary N) is 1. The van der Waals surface area contributed by atoms with Crippen molar-refractivity contribution in [2.24, 2.45) is 0 Å². The SMILES string of the molecule is Nc1nnc(NC(=O)N2C=CCO2)cc1OCCc1c(Cl)ccc(F)c1Cl. The van der Waals surface area contributed by atoms with Crippen LogP contribution in [0.1, 0.15) is 5.56 Å². The van der Waals surface area contributed by atoms with E-state index in [-0.39, 0.29) is 35.4 Å². The van der Waals surface area contributed by atoms with Crippen molar-refractivity contribution in [1.82, 2.24) is 15.3 Å². The number of urea groups is 1. The summed E-state index contributed by atoms with van der Waals surface area (Å²) in [6.07, 6.45) is 3.39. The summed E-state index contributed by atoms with van der Waals surface area (Å²) < 4.78 is 19.1. The number of hydrogen-bond acceptors (Lipinski definition) is 6. The maximum absolute atomic E-state index is 13.5. The summed E-state index contributed by atoms with van der Waals surface area (Å²) >= 11 is 12.0. The van der Waals surface area contributed by atoms with Crippen LogP contribution in [0.2, 0.25) is 10.0 Å². The van der Waals surface area contributed by atoms with Crippen LogP contribution in [0.25, 0.3) is 0 Å². The van der Waals surface area contributed by atoms with Crippen molar-refractivity contribution in [3.8, 4) is 5.75 Å². The van der Waals surface area contributed by atoms with Gasteiger partial charge in [-0.15, -0.1) is 10.2 Å². The number of rotatable bonds is 5. The van der Waals surface area contributed by atoms with Crippen molar-refractivity contribution in [3.05, 3.63) is 51.9 Å². The van der Waals surface area contributed by atoms with E-state index in [9.17, 15) is 9.18 Å². The summed E-state index contributed by atoms with van der Waals surface area (Å²) in [4.78, 5) is 17.0. The maximum Gasteiger partial charge on any atom is 0.351 e. The lowest BCUT2D eigenvalue weighted by Crippen LogP contribution is -2.28. The summed E-state index contributed by atoms with van der Waals surface area (Å²) in [5, 5.41) is 11.3.